The molecular formula is C16H13BrClN3O3S. The van der Waals surface area contributed by atoms with Crippen LogP contribution in [0.25, 0.3) is 0 Å². The van der Waals surface area contributed by atoms with E-state index in [1.807, 2.05) is 0 Å². The zero-order valence-corrected chi connectivity index (χ0v) is 16.0. The van der Waals surface area contributed by atoms with Gasteiger partial charge in [0, 0.05) is 23.7 Å². The molecule has 1 aromatic heterocycles. The topological polar surface area (TPSA) is 78.5 Å². The number of nitrogens with zero attached hydrogens (tertiary/aromatic N) is 1. The molecule has 1 unspecified atom stereocenters. The first-order valence-electron chi connectivity index (χ1n) is 7.35. The number of hydrazine groups is 1. The zero-order valence-electron chi connectivity index (χ0n) is 12.8. The summed E-state index contributed by atoms with van der Waals surface area (Å²) >= 11 is 10.4. The molecule has 0 saturated carbocycles. The van der Waals surface area contributed by atoms with Gasteiger partial charge in [-0.15, -0.1) is 11.3 Å². The van der Waals surface area contributed by atoms with Crippen molar-refractivity contribution in [1.29, 1.82) is 0 Å². The number of nitrogens with one attached hydrogen (secondary N) is 2. The van der Waals surface area contributed by atoms with Crippen molar-refractivity contribution in [2.75, 3.05) is 11.4 Å². The van der Waals surface area contributed by atoms with Gasteiger partial charge in [-0.25, -0.2) is 0 Å². The predicted octanol–water partition coefficient (Wildman–Crippen LogP) is 2.98. The lowest BCUT2D eigenvalue weighted by atomic mass is 10.1. The van der Waals surface area contributed by atoms with Crippen LogP contribution in [0.2, 0.25) is 5.02 Å². The zero-order chi connectivity index (χ0) is 18.0. The lowest BCUT2D eigenvalue weighted by Crippen LogP contribution is -2.44. The lowest BCUT2D eigenvalue weighted by Gasteiger charge is -2.16. The second kappa shape index (κ2) is 7.55. The van der Waals surface area contributed by atoms with Crippen molar-refractivity contribution < 1.29 is 14.4 Å². The molecule has 0 bridgehead atoms. The van der Waals surface area contributed by atoms with Crippen LogP contribution in [0, 0.1) is 5.92 Å². The summed E-state index contributed by atoms with van der Waals surface area (Å²) in [5, 5.41) is 0.576. The normalized spacial score (nSPS) is 16.8. The number of rotatable bonds is 3. The van der Waals surface area contributed by atoms with Gasteiger partial charge in [0.05, 0.1) is 14.6 Å². The van der Waals surface area contributed by atoms with Gasteiger partial charge in [0.2, 0.25) is 11.8 Å². The summed E-state index contributed by atoms with van der Waals surface area (Å²) in [5.74, 6) is -1.47. The quantitative estimate of drug-likeness (QED) is 0.717. The van der Waals surface area contributed by atoms with Gasteiger partial charge >= 0.3 is 0 Å². The Morgan fingerprint density at radius 3 is 2.52 bits per heavy atom. The molecule has 9 heteroatoms. The maximum atomic E-state index is 12.2. The first-order valence-corrected chi connectivity index (χ1v) is 9.34. The first kappa shape index (κ1) is 17.9. The molecule has 0 radical (unpaired) electrons. The highest BCUT2D eigenvalue weighted by Crippen LogP contribution is 2.26. The smallest absolute Gasteiger partial charge is 0.279 e. The Hall–Kier alpha value is -1.90. The standard InChI is InChI=1S/C16H13BrClN3O3S/c17-13-6-5-12(25-13)16(24)20-19-15(23)9-7-14(22)21(8-9)11-3-1-10(18)2-4-11/h1-6,9H,7-8H2,(H,19,23)(H,20,24). The summed E-state index contributed by atoms with van der Waals surface area (Å²) < 4.78 is 0.823. The van der Waals surface area contributed by atoms with Crippen molar-refractivity contribution in [3.05, 3.63) is 50.1 Å². The van der Waals surface area contributed by atoms with Crippen molar-refractivity contribution in [2.45, 2.75) is 6.42 Å². The minimum Gasteiger partial charge on any atom is -0.312 e. The van der Waals surface area contributed by atoms with E-state index in [4.69, 9.17) is 11.6 Å². The average Bonchev–Trinajstić information content (AvgIpc) is 3.19. The van der Waals surface area contributed by atoms with Crippen LogP contribution in [0.5, 0.6) is 0 Å². The third-order valence-corrected chi connectivity index (χ3v) is 5.60. The molecule has 1 aliphatic rings. The molecule has 2 aromatic rings. The lowest BCUT2D eigenvalue weighted by molar-refractivity contribution is -0.126. The van der Waals surface area contributed by atoms with Crippen molar-refractivity contribution in [3.8, 4) is 0 Å². The van der Waals surface area contributed by atoms with Gasteiger partial charge in [0.25, 0.3) is 5.91 Å². The van der Waals surface area contributed by atoms with Crippen LogP contribution in [-0.2, 0) is 9.59 Å². The number of carbonyl (C=O) groups excluding carboxylic acids is 3. The second-order valence-electron chi connectivity index (χ2n) is 5.43. The van der Waals surface area contributed by atoms with Gasteiger partial charge in [-0.05, 0) is 52.3 Å². The summed E-state index contributed by atoms with van der Waals surface area (Å²) in [6.07, 6.45) is 0.0921. The van der Waals surface area contributed by atoms with E-state index in [0.717, 1.165) is 3.79 Å². The predicted molar refractivity (Wildman–Crippen MR) is 99.5 cm³/mol. The van der Waals surface area contributed by atoms with Crippen LogP contribution in [0.3, 0.4) is 0 Å². The average molecular weight is 443 g/mol. The van der Waals surface area contributed by atoms with E-state index in [1.54, 1.807) is 41.3 Å². The van der Waals surface area contributed by atoms with E-state index in [0.29, 0.717) is 15.6 Å². The summed E-state index contributed by atoms with van der Waals surface area (Å²) in [6.45, 7) is 0.257. The van der Waals surface area contributed by atoms with Crippen LogP contribution < -0.4 is 15.8 Å². The van der Waals surface area contributed by atoms with Gasteiger partial charge in [-0.3, -0.25) is 25.2 Å². The maximum Gasteiger partial charge on any atom is 0.279 e. The van der Waals surface area contributed by atoms with Crippen LogP contribution in [0.4, 0.5) is 5.69 Å². The Morgan fingerprint density at radius 1 is 1.16 bits per heavy atom. The molecule has 6 nitrogen and oxygen atoms in total. The number of halogens is 2. The Balaban J connectivity index is 1.57. The summed E-state index contributed by atoms with van der Waals surface area (Å²) in [5.41, 5.74) is 5.45. The van der Waals surface area contributed by atoms with E-state index < -0.39 is 17.7 Å². The Kier molecular flexibility index (Phi) is 5.41. The minimum absolute atomic E-state index is 0.0921. The largest absolute Gasteiger partial charge is 0.312 e. The minimum atomic E-state index is -0.529. The van der Waals surface area contributed by atoms with Crippen molar-refractivity contribution in [2.24, 2.45) is 5.92 Å². The van der Waals surface area contributed by atoms with Crippen molar-refractivity contribution >= 4 is 62.3 Å². The molecule has 1 aromatic carbocycles. The number of hydrogen-bond donors (Lipinski definition) is 2. The molecule has 2 heterocycles. The monoisotopic (exact) mass is 441 g/mol. The van der Waals surface area contributed by atoms with Crippen LogP contribution in [-0.4, -0.2) is 24.3 Å². The fourth-order valence-electron chi connectivity index (χ4n) is 2.47. The van der Waals surface area contributed by atoms with E-state index in [9.17, 15) is 14.4 Å². The first-order chi connectivity index (χ1) is 11.9. The van der Waals surface area contributed by atoms with Crippen LogP contribution in [0.1, 0.15) is 16.1 Å². The van der Waals surface area contributed by atoms with Gasteiger partial charge < -0.3 is 4.90 Å². The third-order valence-electron chi connectivity index (χ3n) is 3.73. The van der Waals surface area contributed by atoms with Crippen molar-refractivity contribution in [3.63, 3.8) is 0 Å². The molecule has 130 valence electrons. The van der Waals surface area contributed by atoms with E-state index in [2.05, 4.69) is 26.8 Å². The molecule has 25 heavy (non-hydrogen) atoms. The SMILES string of the molecule is O=C(NNC(=O)C1CC(=O)N(c2ccc(Cl)cc2)C1)c1ccc(Br)s1. The molecule has 1 fully saturated rings. The van der Waals surface area contributed by atoms with E-state index in [-0.39, 0.29) is 18.9 Å². The molecule has 0 spiro atoms. The van der Waals surface area contributed by atoms with Gasteiger partial charge in [-0.1, -0.05) is 11.6 Å². The molecule has 1 saturated heterocycles. The van der Waals surface area contributed by atoms with Crippen molar-refractivity contribution in [1.82, 2.24) is 10.9 Å². The second-order valence-corrected chi connectivity index (χ2v) is 8.33. The summed E-state index contributed by atoms with van der Waals surface area (Å²) in [6, 6.07) is 10.3. The molecule has 1 aliphatic heterocycles. The van der Waals surface area contributed by atoms with Gasteiger partial charge in [0.15, 0.2) is 0 Å². The summed E-state index contributed by atoms with van der Waals surface area (Å²) in [7, 11) is 0. The number of amides is 3. The van der Waals surface area contributed by atoms with Crippen LogP contribution in [0.15, 0.2) is 40.2 Å². The fourth-order valence-corrected chi connectivity index (χ4v) is 3.88. The Labute approximate surface area is 161 Å². The Morgan fingerprint density at radius 2 is 1.88 bits per heavy atom. The van der Waals surface area contributed by atoms with Gasteiger partial charge in [-0.2, -0.15) is 0 Å². The Bertz CT molecular complexity index is 824. The number of benzene rings is 1. The number of anilines is 1. The molecule has 2 N–H and O–H groups in total. The van der Waals surface area contributed by atoms with Crippen LogP contribution >= 0.6 is 38.9 Å². The van der Waals surface area contributed by atoms with Gasteiger partial charge in [0.1, 0.15) is 0 Å². The summed E-state index contributed by atoms with van der Waals surface area (Å²) in [4.78, 5) is 38.3. The number of thiophene rings is 1. The van der Waals surface area contributed by atoms with E-state index >= 15 is 0 Å². The maximum absolute atomic E-state index is 12.2. The highest BCUT2D eigenvalue weighted by Gasteiger charge is 2.35. The highest BCUT2D eigenvalue weighted by atomic mass is 79.9. The van der Waals surface area contributed by atoms with E-state index in [1.165, 1.54) is 11.3 Å². The third kappa shape index (κ3) is 4.20. The highest BCUT2D eigenvalue weighted by molar-refractivity contribution is 9.11. The molecule has 3 amide bonds. The number of hydrogen-bond acceptors (Lipinski definition) is 4. The fraction of sp³-hybridized carbons (Fsp3) is 0.188. The number of carbonyl (C=O) groups is 3. The molecular weight excluding hydrogens is 430 g/mol. The molecule has 1 atom stereocenters. The molecule has 3 rings (SSSR count). The molecule has 0 aliphatic carbocycles.